The van der Waals surface area contributed by atoms with E-state index in [4.69, 9.17) is 28.1 Å². The van der Waals surface area contributed by atoms with Gasteiger partial charge in [0.15, 0.2) is 35.7 Å². The third-order valence-corrected chi connectivity index (χ3v) is 18.3. The average molecular weight is 1360 g/mol. The zero-order chi connectivity index (χ0) is 64.9. The highest BCUT2D eigenvalue weighted by atomic mass is 79.9. The molecular weight excluding hydrogens is 1280 g/mol. The SMILES string of the molecule is O=C(O)C(CCC1=CCCCC1)Oc1ccc(-c2csnn2)cc1.O=C(O)C(CCC1=CCCCC1)Oc1ccc2sc(=O)oc2c1.O=C(O)C(CCC1=CCCCC1)Oc1cccc(N2CCOCC2)c1.O=C(O)C(CCC1=CCCCC1)Oc1cccnc1Br. The standard InChI is InChI=1S/C20H27NO4.C18H20N2O3S.C17H18O5S.C15H18BrNO3/c22-20(23)19(10-9-16-5-2-1-3-6-16)25-18-8-4-7-17(15-18)21-11-13-24-14-12-21;21-18(22)17(11-6-13-4-2-1-3-5-13)23-15-9-7-14(8-10-15)16-12-24-20-19-16;18-16(19)13(8-6-11-4-2-1-3-5-11)21-12-7-9-15-14(10-12)22-17(20)23-15;16-14-12(7-4-10-17-14)20-13(15(18)19)9-8-11-5-2-1-3-6-11/h4-5,7-8,15,19H,1-3,6,9-14H2,(H,22,23);4,7-10,12,17H,1-3,5-6,11H2,(H,21,22);4,7,9-10,13H,1-3,5-6,8H2,(H,18,19);4-5,7,10,13H,1-3,6,8-9H2,(H,18,19). The summed E-state index contributed by atoms with van der Waals surface area (Å²) in [6.07, 6.45) is 30.8. The Morgan fingerprint density at radius 2 is 1.04 bits per heavy atom. The second-order valence-electron chi connectivity index (χ2n) is 23.1. The number of hydrogen-bond acceptors (Lipinski definition) is 17. The van der Waals surface area contributed by atoms with E-state index < -0.39 is 48.3 Å². The van der Waals surface area contributed by atoms with Crippen LogP contribution in [0.4, 0.5) is 5.69 Å². The summed E-state index contributed by atoms with van der Waals surface area (Å²) >= 11 is 5.57. The van der Waals surface area contributed by atoms with Crippen LogP contribution in [0.3, 0.4) is 0 Å². The molecule has 0 amide bonds. The second-order valence-corrected chi connectivity index (χ2v) is 25.5. The molecule has 4 N–H and O–H groups in total. The quantitative estimate of drug-likeness (QED) is 0.0290. The first-order chi connectivity index (χ1) is 44.7. The minimum absolute atomic E-state index is 0.379. The van der Waals surface area contributed by atoms with Crippen molar-refractivity contribution >= 4 is 78.6 Å². The Morgan fingerprint density at radius 3 is 1.50 bits per heavy atom. The Bertz CT molecular complexity index is 3500. The molecule has 4 atom stereocenters. The molecule has 0 spiro atoms. The van der Waals surface area contributed by atoms with Crippen LogP contribution in [0.2, 0.25) is 0 Å². The molecule has 22 heteroatoms. The summed E-state index contributed by atoms with van der Waals surface area (Å²) < 4.78 is 38.2. The van der Waals surface area contributed by atoms with Gasteiger partial charge in [0.25, 0.3) is 0 Å². The van der Waals surface area contributed by atoms with Crippen molar-refractivity contribution in [2.75, 3.05) is 31.2 Å². The molecule has 3 aromatic carbocycles. The average Bonchev–Trinajstić information content (AvgIpc) is 1.85. The van der Waals surface area contributed by atoms with E-state index in [0.29, 0.717) is 58.9 Å². The van der Waals surface area contributed by atoms with E-state index in [1.54, 1.807) is 48.7 Å². The van der Waals surface area contributed by atoms with Crippen molar-refractivity contribution in [2.24, 2.45) is 0 Å². The van der Waals surface area contributed by atoms with Crippen molar-refractivity contribution in [2.45, 2.75) is 179 Å². The molecule has 4 unspecified atom stereocenters. The number of rotatable bonds is 26. The Balaban J connectivity index is 0.000000158. The first kappa shape index (κ1) is 70.2. The van der Waals surface area contributed by atoms with Crippen molar-refractivity contribution in [3.05, 3.63) is 151 Å². The molecule has 1 fully saturated rings. The number of carbonyl (C=O) groups is 4. The molecule has 3 aromatic heterocycles. The Kier molecular flexibility index (Phi) is 28.8. The molecule has 492 valence electrons. The number of allylic oxidation sites excluding steroid dienone is 8. The second kappa shape index (κ2) is 37.8. The number of fused-ring (bicyclic) bond motifs is 1. The van der Waals surface area contributed by atoms with E-state index in [1.807, 2.05) is 41.8 Å². The van der Waals surface area contributed by atoms with Crippen LogP contribution in [0.25, 0.3) is 21.5 Å². The van der Waals surface area contributed by atoms with Gasteiger partial charge in [-0.2, -0.15) is 0 Å². The summed E-state index contributed by atoms with van der Waals surface area (Å²) in [4.78, 5) is 62.9. The van der Waals surface area contributed by atoms with Gasteiger partial charge in [-0.25, -0.2) is 29.0 Å². The van der Waals surface area contributed by atoms with E-state index in [2.05, 4.69) is 59.7 Å². The number of aromatic nitrogens is 3. The van der Waals surface area contributed by atoms with Gasteiger partial charge in [-0.15, -0.1) is 5.10 Å². The molecule has 4 heterocycles. The Hall–Kier alpha value is -7.66. The van der Waals surface area contributed by atoms with Gasteiger partial charge in [0.2, 0.25) is 0 Å². The minimum atomic E-state index is -0.978. The van der Waals surface area contributed by atoms with Crippen LogP contribution < -0.4 is 28.8 Å². The van der Waals surface area contributed by atoms with E-state index in [9.17, 15) is 44.4 Å². The van der Waals surface area contributed by atoms with Crippen LogP contribution in [0.5, 0.6) is 23.0 Å². The predicted octanol–water partition coefficient (Wildman–Crippen LogP) is 15.9. The molecule has 1 saturated heterocycles. The Morgan fingerprint density at radius 1 is 0.565 bits per heavy atom. The normalized spacial score (nSPS) is 16.9. The summed E-state index contributed by atoms with van der Waals surface area (Å²) in [6, 6.07) is 23.4. The lowest BCUT2D eigenvalue weighted by molar-refractivity contribution is -0.146. The highest BCUT2D eigenvalue weighted by molar-refractivity contribution is 9.10. The van der Waals surface area contributed by atoms with E-state index in [1.165, 1.54) is 85.2 Å². The van der Waals surface area contributed by atoms with Gasteiger partial charge in [0.05, 0.1) is 17.9 Å². The largest absolute Gasteiger partial charge is 0.479 e. The van der Waals surface area contributed by atoms with E-state index >= 15 is 0 Å². The number of anilines is 1. The molecule has 6 aromatic rings. The van der Waals surface area contributed by atoms with Gasteiger partial charge >= 0.3 is 28.8 Å². The first-order valence-corrected chi connectivity index (χ1v) is 34.4. The van der Waals surface area contributed by atoms with Crippen LogP contribution >= 0.6 is 38.8 Å². The maximum absolute atomic E-state index is 11.6. The van der Waals surface area contributed by atoms with Crippen LogP contribution in [0.1, 0.15) is 154 Å². The molecule has 0 bridgehead atoms. The van der Waals surface area contributed by atoms with Crippen molar-refractivity contribution in [3.8, 4) is 34.3 Å². The van der Waals surface area contributed by atoms with Crippen molar-refractivity contribution in [1.82, 2.24) is 14.6 Å². The highest BCUT2D eigenvalue weighted by Gasteiger charge is 2.25. The molecule has 1 aliphatic heterocycles. The van der Waals surface area contributed by atoms with Gasteiger partial charge in [0.1, 0.15) is 27.5 Å². The monoisotopic (exact) mass is 1360 g/mol. The molecule has 0 saturated carbocycles. The minimum Gasteiger partial charge on any atom is -0.479 e. The van der Waals surface area contributed by atoms with E-state index in [-0.39, 0.29) is 4.94 Å². The maximum Gasteiger partial charge on any atom is 0.396 e. The molecule has 11 rings (SSSR count). The van der Waals surface area contributed by atoms with Crippen LogP contribution in [0.15, 0.2) is 151 Å². The molecule has 4 aliphatic carbocycles. The number of hydrogen-bond donors (Lipinski definition) is 4. The van der Waals surface area contributed by atoms with Gasteiger partial charge < -0.3 is 53.4 Å². The summed E-state index contributed by atoms with van der Waals surface area (Å²) in [5.74, 6) is -1.67. The van der Waals surface area contributed by atoms with Gasteiger partial charge in [-0.3, -0.25) is 0 Å². The summed E-state index contributed by atoms with van der Waals surface area (Å²) in [6.45, 7) is 3.13. The van der Waals surface area contributed by atoms with Crippen LogP contribution in [-0.2, 0) is 23.9 Å². The molecule has 92 heavy (non-hydrogen) atoms. The van der Waals surface area contributed by atoms with Gasteiger partial charge in [-0.1, -0.05) is 68.5 Å². The topological polar surface area (TPSA) is 267 Å². The summed E-state index contributed by atoms with van der Waals surface area (Å²) in [7, 11) is 0. The fourth-order valence-electron chi connectivity index (χ4n) is 11.3. The number of carboxylic acid groups (broad SMARTS) is 4. The first-order valence-electron chi connectivity index (χ1n) is 32.0. The molecule has 5 aliphatic rings. The summed E-state index contributed by atoms with van der Waals surface area (Å²) in [5, 5.41) is 43.4. The zero-order valence-corrected chi connectivity index (χ0v) is 55.1. The third-order valence-electron chi connectivity index (χ3n) is 16.4. The number of ether oxygens (including phenoxy) is 5. The lowest BCUT2D eigenvalue weighted by Gasteiger charge is -2.29. The smallest absolute Gasteiger partial charge is 0.396 e. The zero-order valence-electron chi connectivity index (χ0n) is 51.8. The number of halogens is 1. The van der Waals surface area contributed by atoms with E-state index in [0.717, 1.165) is 136 Å². The number of nitrogens with zero attached hydrogens (tertiary/aromatic N) is 4. The number of morpholine rings is 1. The number of aliphatic carboxylic acids is 4. The highest BCUT2D eigenvalue weighted by Crippen LogP contribution is 2.31. The molecule has 0 radical (unpaired) electrons. The maximum atomic E-state index is 11.6. The lowest BCUT2D eigenvalue weighted by atomic mass is 9.95. The van der Waals surface area contributed by atoms with Crippen LogP contribution in [-0.4, -0.2) is 110 Å². The fraction of sp³-hybridized carbons (Fsp3) is 0.457. The fourth-order valence-corrected chi connectivity index (χ4v) is 12.8. The predicted molar refractivity (Wildman–Crippen MR) is 358 cm³/mol. The van der Waals surface area contributed by atoms with Crippen LogP contribution in [0, 0.1) is 0 Å². The van der Waals surface area contributed by atoms with Gasteiger partial charge in [-0.05, 0) is 242 Å². The Labute approximate surface area is 553 Å². The number of carboxylic acids is 4. The third kappa shape index (κ3) is 23.8. The lowest BCUT2D eigenvalue weighted by Crippen LogP contribution is -2.36. The van der Waals surface area contributed by atoms with Gasteiger partial charge in [0, 0.05) is 48.0 Å². The van der Waals surface area contributed by atoms with Crippen molar-refractivity contribution < 1.29 is 67.7 Å². The van der Waals surface area contributed by atoms with Crippen molar-refractivity contribution in [1.29, 1.82) is 0 Å². The van der Waals surface area contributed by atoms with Crippen molar-refractivity contribution in [3.63, 3.8) is 0 Å². The number of benzene rings is 3. The molecule has 19 nitrogen and oxygen atoms in total. The number of pyridine rings is 1. The summed E-state index contributed by atoms with van der Waals surface area (Å²) in [5.41, 5.74) is 8.66. The molecular formula is C70H83BrN4O15S2.